The Balaban J connectivity index is 2.41. The summed E-state index contributed by atoms with van der Waals surface area (Å²) in [6.45, 7) is 4.76. The standard InChI is InChI=1S/C12H22N2O4/c1-7(2)3-8(12(16)17)4-14-11(15)9-5-18-6-10(9)13/h7-10H,3-6,13H2,1-2H3,(H,14,15)(H,16,17). The Morgan fingerprint density at radius 3 is 2.56 bits per heavy atom. The minimum absolute atomic E-state index is 0.148. The van der Waals surface area contributed by atoms with Gasteiger partial charge in [-0.3, -0.25) is 9.59 Å². The lowest BCUT2D eigenvalue weighted by atomic mass is 9.96. The molecule has 104 valence electrons. The van der Waals surface area contributed by atoms with E-state index in [1.54, 1.807) is 0 Å². The summed E-state index contributed by atoms with van der Waals surface area (Å²) in [6, 6.07) is -0.293. The van der Waals surface area contributed by atoms with Gasteiger partial charge < -0.3 is 20.9 Å². The van der Waals surface area contributed by atoms with Crippen LogP contribution in [0.1, 0.15) is 20.3 Å². The van der Waals surface area contributed by atoms with E-state index in [1.165, 1.54) is 0 Å². The third-order valence-corrected chi connectivity index (χ3v) is 3.09. The predicted octanol–water partition coefficient (Wildman–Crippen LogP) is -0.177. The average molecular weight is 258 g/mol. The molecule has 1 aliphatic rings. The highest BCUT2D eigenvalue weighted by molar-refractivity contribution is 5.80. The van der Waals surface area contributed by atoms with Gasteiger partial charge in [0.2, 0.25) is 5.91 Å². The van der Waals surface area contributed by atoms with Gasteiger partial charge in [-0.15, -0.1) is 0 Å². The first-order valence-corrected chi connectivity index (χ1v) is 6.25. The average Bonchev–Trinajstić information content (AvgIpc) is 2.69. The van der Waals surface area contributed by atoms with Crippen LogP contribution in [0.5, 0.6) is 0 Å². The zero-order chi connectivity index (χ0) is 13.7. The summed E-state index contributed by atoms with van der Waals surface area (Å²) in [5.74, 6) is -1.72. The minimum Gasteiger partial charge on any atom is -0.481 e. The predicted molar refractivity (Wildman–Crippen MR) is 65.9 cm³/mol. The molecule has 6 heteroatoms. The first kappa shape index (κ1) is 14.9. The number of ether oxygens (including phenoxy) is 1. The van der Waals surface area contributed by atoms with Crippen LogP contribution in [-0.4, -0.2) is 42.8 Å². The number of amides is 1. The van der Waals surface area contributed by atoms with E-state index >= 15 is 0 Å². The van der Waals surface area contributed by atoms with Crippen molar-refractivity contribution in [1.82, 2.24) is 5.32 Å². The molecule has 3 atom stereocenters. The molecule has 3 unspecified atom stereocenters. The zero-order valence-electron chi connectivity index (χ0n) is 10.9. The van der Waals surface area contributed by atoms with Crippen LogP contribution in [0, 0.1) is 17.8 Å². The topological polar surface area (TPSA) is 102 Å². The summed E-state index contributed by atoms with van der Waals surface area (Å²) in [5.41, 5.74) is 5.72. The molecule has 0 spiro atoms. The Morgan fingerprint density at radius 2 is 2.11 bits per heavy atom. The van der Waals surface area contributed by atoms with E-state index in [-0.39, 0.29) is 30.3 Å². The quantitative estimate of drug-likeness (QED) is 0.613. The Kier molecular flexibility index (Phi) is 5.55. The molecule has 1 rings (SSSR count). The highest BCUT2D eigenvalue weighted by Gasteiger charge is 2.32. The van der Waals surface area contributed by atoms with E-state index in [4.69, 9.17) is 15.6 Å². The number of carbonyl (C=O) groups excluding carboxylic acids is 1. The zero-order valence-corrected chi connectivity index (χ0v) is 10.9. The lowest BCUT2D eigenvalue weighted by Gasteiger charge is -2.18. The normalized spacial score (nSPS) is 25.1. The van der Waals surface area contributed by atoms with Crippen molar-refractivity contribution < 1.29 is 19.4 Å². The van der Waals surface area contributed by atoms with Gasteiger partial charge in [0.05, 0.1) is 25.0 Å². The molecule has 0 aromatic heterocycles. The number of aliphatic carboxylic acids is 1. The van der Waals surface area contributed by atoms with E-state index in [2.05, 4.69) is 5.32 Å². The van der Waals surface area contributed by atoms with Crippen molar-refractivity contribution >= 4 is 11.9 Å². The van der Waals surface area contributed by atoms with Gasteiger partial charge in [0, 0.05) is 12.6 Å². The maximum absolute atomic E-state index is 11.8. The van der Waals surface area contributed by atoms with Crippen molar-refractivity contribution in [2.24, 2.45) is 23.5 Å². The van der Waals surface area contributed by atoms with Crippen LogP contribution in [0.2, 0.25) is 0 Å². The van der Waals surface area contributed by atoms with Crippen molar-refractivity contribution in [3.63, 3.8) is 0 Å². The van der Waals surface area contributed by atoms with E-state index in [1.807, 2.05) is 13.8 Å². The third-order valence-electron chi connectivity index (χ3n) is 3.09. The van der Waals surface area contributed by atoms with Gasteiger partial charge >= 0.3 is 5.97 Å². The fraction of sp³-hybridized carbons (Fsp3) is 0.833. The number of hydrogen-bond acceptors (Lipinski definition) is 4. The first-order chi connectivity index (χ1) is 8.41. The molecule has 1 fully saturated rings. The number of carboxylic acids is 1. The van der Waals surface area contributed by atoms with E-state index in [0.717, 1.165) is 0 Å². The molecule has 0 aromatic carbocycles. The van der Waals surface area contributed by atoms with Crippen molar-refractivity contribution in [3.05, 3.63) is 0 Å². The SMILES string of the molecule is CC(C)CC(CNC(=O)C1COCC1N)C(=O)O. The lowest BCUT2D eigenvalue weighted by molar-refractivity contribution is -0.142. The van der Waals surface area contributed by atoms with Crippen molar-refractivity contribution in [2.75, 3.05) is 19.8 Å². The molecular formula is C12H22N2O4. The van der Waals surface area contributed by atoms with Crippen molar-refractivity contribution in [1.29, 1.82) is 0 Å². The van der Waals surface area contributed by atoms with E-state index < -0.39 is 11.9 Å². The maximum atomic E-state index is 11.8. The molecule has 1 heterocycles. The second-order valence-corrected chi connectivity index (χ2v) is 5.22. The Bertz CT molecular complexity index is 306. The lowest BCUT2D eigenvalue weighted by Crippen LogP contribution is -2.43. The van der Waals surface area contributed by atoms with Crippen LogP contribution in [0.3, 0.4) is 0 Å². The van der Waals surface area contributed by atoms with Crippen LogP contribution < -0.4 is 11.1 Å². The van der Waals surface area contributed by atoms with E-state index in [0.29, 0.717) is 19.6 Å². The summed E-state index contributed by atoms with van der Waals surface area (Å²) in [4.78, 5) is 22.8. The van der Waals surface area contributed by atoms with Gasteiger partial charge in [0.1, 0.15) is 0 Å². The summed E-state index contributed by atoms with van der Waals surface area (Å²) in [6.07, 6.45) is 0.544. The van der Waals surface area contributed by atoms with Gasteiger partial charge in [-0.05, 0) is 12.3 Å². The number of hydrogen-bond donors (Lipinski definition) is 3. The van der Waals surface area contributed by atoms with Crippen LogP contribution >= 0.6 is 0 Å². The summed E-state index contributed by atoms with van der Waals surface area (Å²) in [7, 11) is 0. The molecule has 1 amide bonds. The molecule has 0 bridgehead atoms. The number of nitrogens with two attached hydrogens (primary N) is 1. The summed E-state index contributed by atoms with van der Waals surface area (Å²) < 4.78 is 5.11. The maximum Gasteiger partial charge on any atom is 0.308 e. The first-order valence-electron chi connectivity index (χ1n) is 6.25. The highest BCUT2D eigenvalue weighted by atomic mass is 16.5. The van der Waals surface area contributed by atoms with Crippen LogP contribution in [0.25, 0.3) is 0 Å². The van der Waals surface area contributed by atoms with Gasteiger partial charge in [-0.2, -0.15) is 0 Å². The number of carbonyl (C=O) groups is 2. The summed E-state index contributed by atoms with van der Waals surface area (Å²) >= 11 is 0. The second kappa shape index (κ2) is 6.70. The molecule has 18 heavy (non-hydrogen) atoms. The highest BCUT2D eigenvalue weighted by Crippen LogP contribution is 2.14. The summed E-state index contributed by atoms with van der Waals surface area (Å²) in [5, 5.41) is 11.7. The van der Waals surface area contributed by atoms with Gasteiger partial charge in [-0.1, -0.05) is 13.8 Å². The number of rotatable bonds is 6. The van der Waals surface area contributed by atoms with Gasteiger partial charge in [0.25, 0.3) is 0 Å². The smallest absolute Gasteiger partial charge is 0.308 e. The number of carboxylic acid groups (broad SMARTS) is 1. The molecule has 1 aliphatic heterocycles. The fourth-order valence-corrected chi connectivity index (χ4v) is 2.04. The van der Waals surface area contributed by atoms with Gasteiger partial charge in [0.15, 0.2) is 0 Å². The second-order valence-electron chi connectivity index (χ2n) is 5.22. The fourth-order valence-electron chi connectivity index (χ4n) is 2.04. The molecule has 0 aromatic rings. The molecule has 0 saturated carbocycles. The van der Waals surface area contributed by atoms with Crippen LogP contribution in [0.4, 0.5) is 0 Å². The van der Waals surface area contributed by atoms with Crippen molar-refractivity contribution in [3.8, 4) is 0 Å². The van der Waals surface area contributed by atoms with Crippen molar-refractivity contribution in [2.45, 2.75) is 26.3 Å². The Labute approximate surface area is 107 Å². The largest absolute Gasteiger partial charge is 0.481 e. The van der Waals surface area contributed by atoms with Crippen LogP contribution in [0.15, 0.2) is 0 Å². The molecule has 0 radical (unpaired) electrons. The Morgan fingerprint density at radius 1 is 1.44 bits per heavy atom. The van der Waals surface area contributed by atoms with E-state index in [9.17, 15) is 9.59 Å². The molecule has 4 N–H and O–H groups in total. The molecule has 1 saturated heterocycles. The third kappa shape index (κ3) is 4.27. The van der Waals surface area contributed by atoms with Crippen LogP contribution in [-0.2, 0) is 14.3 Å². The Hall–Kier alpha value is -1.14. The molecule has 6 nitrogen and oxygen atoms in total. The molecule has 0 aliphatic carbocycles. The monoisotopic (exact) mass is 258 g/mol. The minimum atomic E-state index is -0.879. The molecular weight excluding hydrogens is 236 g/mol. The number of nitrogens with one attached hydrogen (secondary N) is 1. The van der Waals surface area contributed by atoms with Gasteiger partial charge in [-0.25, -0.2) is 0 Å².